The van der Waals surface area contributed by atoms with Crippen molar-refractivity contribution in [3.8, 4) is 0 Å². The van der Waals surface area contributed by atoms with Crippen LogP contribution in [-0.4, -0.2) is 53.6 Å². The fraction of sp³-hybridized carbons (Fsp3) is 0.588. The minimum atomic E-state index is -0.747. The topological polar surface area (TPSA) is 43.8 Å². The van der Waals surface area contributed by atoms with Gasteiger partial charge in [0, 0.05) is 25.7 Å². The number of carboxylic acid groups (broad SMARTS) is 1. The lowest BCUT2D eigenvalue weighted by Crippen LogP contribution is -2.54. The van der Waals surface area contributed by atoms with E-state index in [0.29, 0.717) is 17.9 Å². The predicted molar refractivity (Wildman–Crippen MR) is 84.1 cm³/mol. The average molecular weight is 290 g/mol. The van der Waals surface area contributed by atoms with Gasteiger partial charge in [-0.1, -0.05) is 44.2 Å². The smallest absolute Gasteiger partial charge is 0.317 e. The maximum absolute atomic E-state index is 10.9. The maximum atomic E-state index is 10.9. The highest BCUT2D eigenvalue weighted by atomic mass is 16.4. The van der Waals surface area contributed by atoms with Gasteiger partial charge < -0.3 is 5.11 Å². The molecule has 1 aliphatic heterocycles. The first kappa shape index (κ1) is 16.0. The van der Waals surface area contributed by atoms with Crippen LogP contribution in [0.2, 0.25) is 0 Å². The Hall–Kier alpha value is -1.39. The number of hydrogen-bond donors (Lipinski definition) is 1. The molecule has 1 aromatic rings. The van der Waals surface area contributed by atoms with Crippen molar-refractivity contribution in [3.63, 3.8) is 0 Å². The second kappa shape index (κ2) is 7.05. The highest BCUT2D eigenvalue weighted by Crippen LogP contribution is 2.27. The quantitative estimate of drug-likeness (QED) is 0.902. The summed E-state index contributed by atoms with van der Waals surface area (Å²) >= 11 is 0. The molecule has 1 N–H and O–H groups in total. The lowest BCUT2D eigenvalue weighted by atomic mass is 9.84. The van der Waals surface area contributed by atoms with E-state index in [0.717, 1.165) is 19.6 Å². The first-order valence-electron chi connectivity index (χ1n) is 7.65. The van der Waals surface area contributed by atoms with Crippen LogP contribution >= 0.6 is 0 Å². The zero-order valence-corrected chi connectivity index (χ0v) is 13.2. The summed E-state index contributed by atoms with van der Waals surface area (Å²) in [5.74, 6) is 0.201. The van der Waals surface area contributed by atoms with Crippen molar-refractivity contribution in [3.05, 3.63) is 35.9 Å². The number of nitrogens with zero attached hydrogens (tertiary/aromatic N) is 2. The molecule has 1 saturated heterocycles. The van der Waals surface area contributed by atoms with E-state index in [1.807, 2.05) is 18.0 Å². The van der Waals surface area contributed by atoms with Gasteiger partial charge in [0.05, 0.1) is 6.54 Å². The normalized spacial score (nSPS) is 27.0. The SMILES string of the molecule is C[C@@H]1CN(Cc2ccccc2)C[C@H](C)C1N(C)CC(=O)O. The number of likely N-dealkylation sites (N-methyl/N-ethyl adjacent to an activating group) is 1. The zero-order chi connectivity index (χ0) is 15.4. The fourth-order valence-corrected chi connectivity index (χ4v) is 3.82. The molecule has 2 rings (SSSR count). The number of carbonyl (C=O) groups is 1. The van der Waals surface area contributed by atoms with E-state index in [1.54, 1.807) is 0 Å². The summed E-state index contributed by atoms with van der Waals surface area (Å²) in [4.78, 5) is 15.4. The predicted octanol–water partition coefficient (Wildman–Crippen LogP) is 2.16. The van der Waals surface area contributed by atoms with E-state index in [4.69, 9.17) is 5.11 Å². The molecule has 4 heteroatoms. The Labute approximate surface area is 127 Å². The molecule has 0 bridgehead atoms. The first-order valence-corrected chi connectivity index (χ1v) is 7.65. The maximum Gasteiger partial charge on any atom is 0.317 e. The van der Waals surface area contributed by atoms with Gasteiger partial charge in [0.2, 0.25) is 0 Å². The van der Waals surface area contributed by atoms with E-state index in [9.17, 15) is 4.79 Å². The molecule has 1 aliphatic rings. The van der Waals surface area contributed by atoms with Gasteiger partial charge in [-0.15, -0.1) is 0 Å². The second-order valence-electron chi connectivity index (χ2n) is 6.43. The van der Waals surface area contributed by atoms with Crippen molar-refractivity contribution in [1.29, 1.82) is 0 Å². The summed E-state index contributed by atoms with van der Waals surface area (Å²) in [6.07, 6.45) is 0. The fourth-order valence-electron chi connectivity index (χ4n) is 3.82. The lowest BCUT2D eigenvalue weighted by Gasteiger charge is -2.45. The molecular weight excluding hydrogens is 264 g/mol. The number of piperidine rings is 1. The zero-order valence-electron chi connectivity index (χ0n) is 13.2. The molecule has 1 fully saturated rings. The Balaban J connectivity index is 1.96. The number of aliphatic carboxylic acids is 1. The molecule has 21 heavy (non-hydrogen) atoms. The standard InChI is InChI=1S/C17H26N2O2/c1-13-9-19(11-15-7-5-4-6-8-15)10-14(2)17(13)18(3)12-16(20)21/h4-8,13-14,17H,9-12H2,1-3H3,(H,20,21)/t13-,14+,17?. The number of rotatable bonds is 5. The molecule has 3 atom stereocenters. The Kier molecular flexibility index (Phi) is 5.37. The van der Waals surface area contributed by atoms with Crippen LogP contribution in [0.15, 0.2) is 30.3 Å². The minimum absolute atomic E-state index is 0.123. The van der Waals surface area contributed by atoms with Crippen LogP contribution in [0.3, 0.4) is 0 Å². The van der Waals surface area contributed by atoms with E-state index < -0.39 is 5.97 Å². The third kappa shape index (κ3) is 4.29. The minimum Gasteiger partial charge on any atom is -0.480 e. The summed E-state index contributed by atoms with van der Waals surface area (Å²) in [6, 6.07) is 10.9. The molecule has 0 radical (unpaired) electrons. The summed E-state index contributed by atoms with van der Waals surface area (Å²) in [5.41, 5.74) is 1.34. The molecule has 0 saturated carbocycles. The summed E-state index contributed by atoms with van der Waals surface area (Å²) in [7, 11) is 1.93. The summed E-state index contributed by atoms with van der Waals surface area (Å²) < 4.78 is 0. The Bertz CT molecular complexity index is 451. The molecule has 1 aromatic carbocycles. The number of hydrogen-bond acceptors (Lipinski definition) is 3. The Morgan fingerprint density at radius 1 is 1.24 bits per heavy atom. The Morgan fingerprint density at radius 2 is 1.81 bits per heavy atom. The van der Waals surface area contributed by atoms with E-state index in [1.165, 1.54) is 5.56 Å². The van der Waals surface area contributed by atoms with Gasteiger partial charge in [0.1, 0.15) is 0 Å². The number of likely N-dealkylation sites (tertiary alicyclic amines) is 1. The van der Waals surface area contributed by atoms with Crippen LogP contribution in [0.4, 0.5) is 0 Å². The lowest BCUT2D eigenvalue weighted by molar-refractivity contribution is -0.139. The average Bonchev–Trinajstić information content (AvgIpc) is 2.38. The molecule has 1 unspecified atom stereocenters. The number of benzene rings is 1. The van der Waals surface area contributed by atoms with E-state index in [2.05, 4.69) is 43.0 Å². The van der Waals surface area contributed by atoms with Crippen LogP contribution in [0, 0.1) is 11.8 Å². The molecule has 0 aliphatic carbocycles. The van der Waals surface area contributed by atoms with Crippen LogP contribution in [-0.2, 0) is 11.3 Å². The molecule has 0 amide bonds. The largest absolute Gasteiger partial charge is 0.480 e. The van der Waals surface area contributed by atoms with Crippen molar-refractivity contribution in [2.45, 2.75) is 26.4 Å². The summed E-state index contributed by atoms with van der Waals surface area (Å²) in [5, 5.41) is 8.98. The van der Waals surface area contributed by atoms with Crippen molar-refractivity contribution >= 4 is 5.97 Å². The molecule has 0 aromatic heterocycles. The van der Waals surface area contributed by atoms with Gasteiger partial charge in [-0.05, 0) is 24.4 Å². The van der Waals surface area contributed by atoms with Gasteiger partial charge in [-0.25, -0.2) is 0 Å². The Morgan fingerprint density at radius 3 is 2.33 bits per heavy atom. The third-order valence-electron chi connectivity index (χ3n) is 4.40. The monoisotopic (exact) mass is 290 g/mol. The van der Waals surface area contributed by atoms with Crippen LogP contribution < -0.4 is 0 Å². The van der Waals surface area contributed by atoms with Crippen molar-refractivity contribution < 1.29 is 9.90 Å². The third-order valence-corrected chi connectivity index (χ3v) is 4.40. The van der Waals surface area contributed by atoms with Gasteiger partial charge in [0.25, 0.3) is 0 Å². The molecular formula is C17H26N2O2. The van der Waals surface area contributed by atoms with Gasteiger partial charge >= 0.3 is 5.97 Å². The van der Waals surface area contributed by atoms with Gasteiger partial charge in [-0.2, -0.15) is 0 Å². The van der Waals surface area contributed by atoms with Gasteiger partial charge in [0.15, 0.2) is 0 Å². The van der Waals surface area contributed by atoms with Crippen molar-refractivity contribution in [2.75, 3.05) is 26.7 Å². The first-order chi connectivity index (χ1) is 9.97. The van der Waals surface area contributed by atoms with Crippen molar-refractivity contribution in [2.24, 2.45) is 11.8 Å². The molecule has 0 spiro atoms. The van der Waals surface area contributed by atoms with Crippen LogP contribution in [0.1, 0.15) is 19.4 Å². The molecule has 4 nitrogen and oxygen atoms in total. The second-order valence-corrected chi connectivity index (χ2v) is 6.43. The highest BCUT2D eigenvalue weighted by Gasteiger charge is 2.34. The molecule has 116 valence electrons. The van der Waals surface area contributed by atoms with Crippen molar-refractivity contribution in [1.82, 2.24) is 9.80 Å². The summed E-state index contributed by atoms with van der Waals surface area (Å²) in [6.45, 7) is 7.61. The van der Waals surface area contributed by atoms with E-state index in [-0.39, 0.29) is 6.54 Å². The van der Waals surface area contributed by atoms with Gasteiger partial charge in [-0.3, -0.25) is 14.6 Å². The number of carboxylic acids is 1. The van der Waals surface area contributed by atoms with Crippen LogP contribution in [0.5, 0.6) is 0 Å². The van der Waals surface area contributed by atoms with Crippen LogP contribution in [0.25, 0.3) is 0 Å². The van der Waals surface area contributed by atoms with E-state index >= 15 is 0 Å². The highest BCUT2D eigenvalue weighted by molar-refractivity contribution is 5.69. The molecule has 1 heterocycles.